The van der Waals surface area contributed by atoms with Crippen LogP contribution in [0.25, 0.3) is 6.08 Å². The Morgan fingerprint density at radius 1 is 1.35 bits per heavy atom. The number of aliphatic hydroxyl groups is 1. The van der Waals surface area contributed by atoms with E-state index in [4.69, 9.17) is 9.47 Å². The zero-order valence-electron chi connectivity index (χ0n) is 22.5. The van der Waals surface area contributed by atoms with E-state index in [1.807, 2.05) is 13.1 Å². The molecule has 1 aromatic rings. The Morgan fingerprint density at radius 2 is 2.08 bits per heavy atom. The van der Waals surface area contributed by atoms with Crippen molar-refractivity contribution in [2.45, 2.75) is 58.8 Å². The number of allylic oxidation sites excluding steroid dienone is 3. The number of hydrogen-bond acceptors (Lipinski definition) is 6. The molecule has 3 heterocycles. The van der Waals surface area contributed by atoms with Crippen LogP contribution < -0.4 is 0 Å². The molecule has 0 radical (unpaired) electrons. The summed E-state index contributed by atoms with van der Waals surface area (Å²) in [5, 5.41) is 22.1. The van der Waals surface area contributed by atoms with Crippen LogP contribution in [-0.2, 0) is 26.1 Å². The molecule has 37 heavy (non-hydrogen) atoms. The SMILES string of the molecule is CCOC(=O)/C1=C/[C@H]2[C@@H](C(C)C)CC=C(C)[C@@H]2CC(/C(=C\c2cn(C)cn2)C(=O)O)[C@]2(C)C=C[C@@]1(O)O2. The summed E-state index contributed by atoms with van der Waals surface area (Å²) in [7, 11) is 1.82. The van der Waals surface area contributed by atoms with Gasteiger partial charge < -0.3 is 24.3 Å². The molecule has 200 valence electrons. The standard InChI is InChI=1S/C29H38N2O6/c1-7-36-27(34)25-14-22-20(17(2)3)9-8-18(4)21(22)13-24(28(5)10-11-29(25,35)37-28)23(26(32)33)12-19-15-31(6)16-30-19/h8,10-12,14-17,20-22,24,35H,7,9,13H2,1-6H3,(H,32,33)/b23-12+,25-14-/t20-,21+,22+,24?,28+,29-/m1/s1. The van der Waals surface area contributed by atoms with Gasteiger partial charge in [0.05, 0.1) is 29.8 Å². The normalized spacial score (nSPS) is 35.1. The van der Waals surface area contributed by atoms with Gasteiger partial charge in [0.2, 0.25) is 5.79 Å². The molecule has 0 spiro atoms. The highest BCUT2D eigenvalue weighted by Gasteiger charge is 2.54. The van der Waals surface area contributed by atoms with Gasteiger partial charge in [-0.05, 0) is 69.4 Å². The molecule has 8 nitrogen and oxygen atoms in total. The first-order valence-electron chi connectivity index (χ1n) is 13.0. The molecule has 2 aliphatic heterocycles. The molecular formula is C29H38N2O6. The van der Waals surface area contributed by atoms with Crippen molar-refractivity contribution in [3.8, 4) is 0 Å². The van der Waals surface area contributed by atoms with E-state index in [2.05, 4.69) is 31.8 Å². The van der Waals surface area contributed by atoms with Gasteiger partial charge in [-0.25, -0.2) is 14.6 Å². The van der Waals surface area contributed by atoms with Crippen LogP contribution in [0, 0.1) is 29.6 Å². The van der Waals surface area contributed by atoms with Crippen LogP contribution in [0.4, 0.5) is 0 Å². The predicted molar refractivity (Wildman–Crippen MR) is 139 cm³/mol. The zero-order valence-corrected chi connectivity index (χ0v) is 22.5. The minimum Gasteiger partial charge on any atom is -0.478 e. The molecule has 1 aliphatic carbocycles. The number of hydrogen-bond donors (Lipinski definition) is 2. The maximum absolute atomic E-state index is 13.2. The second kappa shape index (κ2) is 10.1. The van der Waals surface area contributed by atoms with Gasteiger partial charge in [0.1, 0.15) is 0 Å². The van der Waals surface area contributed by atoms with Crippen molar-refractivity contribution in [1.82, 2.24) is 9.55 Å². The zero-order chi connectivity index (χ0) is 27.1. The molecule has 0 saturated carbocycles. The number of carboxylic acid groups (broad SMARTS) is 1. The van der Waals surface area contributed by atoms with E-state index >= 15 is 0 Å². The molecule has 6 atom stereocenters. The van der Waals surface area contributed by atoms with Gasteiger partial charge in [0.15, 0.2) is 0 Å². The third-order valence-corrected chi connectivity index (χ3v) is 8.20. The summed E-state index contributed by atoms with van der Waals surface area (Å²) < 4.78 is 13.4. The molecule has 3 aliphatic rings. The highest BCUT2D eigenvalue weighted by molar-refractivity contribution is 5.93. The number of ether oxygens (including phenoxy) is 2. The first kappa shape index (κ1) is 27.1. The van der Waals surface area contributed by atoms with Crippen LogP contribution in [0.2, 0.25) is 0 Å². The first-order chi connectivity index (χ1) is 17.4. The van der Waals surface area contributed by atoms with Crippen LogP contribution in [0.1, 0.15) is 53.2 Å². The lowest BCUT2D eigenvalue weighted by molar-refractivity contribution is -0.196. The summed E-state index contributed by atoms with van der Waals surface area (Å²) >= 11 is 0. The number of aliphatic carboxylic acids is 1. The molecule has 2 N–H and O–H groups in total. The lowest BCUT2D eigenvalue weighted by Crippen LogP contribution is -2.44. The fraction of sp³-hybridized carbons (Fsp3) is 0.552. The largest absolute Gasteiger partial charge is 0.478 e. The fourth-order valence-electron chi connectivity index (χ4n) is 6.18. The number of esters is 1. The van der Waals surface area contributed by atoms with Crippen LogP contribution in [0.5, 0.6) is 0 Å². The summed E-state index contributed by atoms with van der Waals surface area (Å²) in [6, 6.07) is 0. The van der Waals surface area contributed by atoms with Crippen LogP contribution in [-0.4, -0.2) is 49.7 Å². The second-order valence-electron chi connectivity index (χ2n) is 11.0. The number of fused-ring (bicyclic) bond motifs is 3. The Balaban J connectivity index is 1.92. The highest BCUT2D eigenvalue weighted by atomic mass is 16.6. The third kappa shape index (κ3) is 5.09. The summed E-state index contributed by atoms with van der Waals surface area (Å²) in [6.07, 6.45) is 13.5. The first-order valence-corrected chi connectivity index (χ1v) is 13.0. The minimum atomic E-state index is -2.03. The fourth-order valence-corrected chi connectivity index (χ4v) is 6.18. The Kier molecular flexibility index (Phi) is 7.36. The van der Waals surface area contributed by atoms with Gasteiger partial charge in [-0.1, -0.05) is 37.6 Å². The number of imidazole rings is 1. The van der Waals surface area contributed by atoms with Crippen molar-refractivity contribution in [3.05, 3.63) is 59.2 Å². The lowest BCUT2D eigenvalue weighted by Gasteiger charge is -2.42. The number of carbonyl (C=O) groups excluding carboxylic acids is 1. The van der Waals surface area contributed by atoms with Crippen LogP contribution in [0.15, 0.2) is 53.5 Å². The number of nitrogens with zero attached hydrogens (tertiary/aromatic N) is 2. The molecule has 1 unspecified atom stereocenters. The number of carboxylic acids is 1. The number of aryl methyl sites for hydroxylation is 1. The molecule has 0 saturated heterocycles. The second-order valence-corrected chi connectivity index (χ2v) is 11.0. The smallest absolute Gasteiger partial charge is 0.339 e. The van der Waals surface area contributed by atoms with E-state index < -0.39 is 29.2 Å². The molecule has 0 amide bonds. The molecule has 0 fully saturated rings. The van der Waals surface area contributed by atoms with Crippen molar-refractivity contribution in [2.24, 2.45) is 36.6 Å². The van der Waals surface area contributed by atoms with Gasteiger partial charge in [-0.3, -0.25) is 0 Å². The number of aromatic nitrogens is 2. The highest BCUT2D eigenvalue weighted by Crippen LogP contribution is 2.51. The predicted octanol–water partition coefficient (Wildman–Crippen LogP) is 4.29. The molecule has 4 rings (SSSR count). The molecular weight excluding hydrogens is 472 g/mol. The Labute approximate surface area is 218 Å². The molecule has 8 heteroatoms. The summed E-state index contributed by atoms with van der Waals surface area (Å²) in [4.78, 5) is 30.2. The average molecular weight is 511 g/mol. The molecule has 0 aromatic carbocycles. The van der Waals surface area contributed by atoms with Gasteiger partial charge in [-0.15, -0.1) is 0 Å². The summed E-state index contributed by atoms with van der Waals surface area (Å²) in [5.41, 5.74) is 0.674. The third-order valence-electron chi connectivity index (χ3n) is 8.20. The van der Waals surface area contributed by atoms with E-state index in [-0.39, 0.29) is 35.5 Å². The van der Waals surface area contributed by atoms with Crippen LogP contribution in [0.3, 0.4) is 0 Å². The van der Waals surface area contributed by atoms with E-state index in [9.17, 15) is 19.8 Å². The van der Waals surface area contributed by atoms with Crippen molar-refractivity contribution in [3.63, 3.8) is 0 Å². The van der Waals surface area contributed by atoms with E-state index in [0.717, 1.165) is 12.0 Å². The number of carbonyl (C=O) groups is 2. The van der Waals surface area contributed by atoms with Crippen molar-refractivity contribution in [2.75, 3.05) is 6.61 Å². The quantitative estimate of drug-likeness (QED) is 0.334. The molecule has 2 bridgehead atoms. The number of rotatable bonds is 6. The Hall–Kier alpha value is -2.97. The van der Waals surface area contributed by atoms with Gasteiger partial charge in [-0.2, -0.15) is 0 Å². The minimum absolute atomic E-state index is 0.0518. The van der Waals surface area contributed by atoms with Crippen molar-refractivity contribution >= 4 is 18.0 Å². The lowest BCUT2D eigenvalue weighted by atomic mass is 9.63. The summed E-state index contributed by atoms with van der Waals surface area (Å²) in [5.74, 6) is -4.03. The topological polar surface area (TPSA) is 111 Å². The Morgan fingerprint density at radius 3 is 2.68 bits per heavy atom. The van der Waals surface area contributed by atoms with E-state index in [1.165, 1.54) is 6.08 Å². The van der Waals surface area contributed by atoms with Crippen LogP contribution >= 0.6 is 0 Å². The molecule has 1 aromatic heterocycles. The van der Waals surface area contributed by atoms with Gasteiger partial charge in [0.25, 0.3) is 0 Å². The Bertz CT molecular complexity index is 1190. The maximum atomic E-state index is 13.2. The average Bonchev–Trinajstić information content (AvgIpc) is 3.38. The van der Waals surface area contributed by atoms with Crippen molar-refractivity contribution < 1.29 is 29.3 Å². The van der Waals surface area contributed by atoms with Gasteiger partial charge >= 0.3 is 11.9 Å². The maximum Gasteiger partial charge on any atom is 0.339 e. The van der Waals surface area contributed by atoms with E-state index in [1.54, 1.807) is 43.1 Å². The monoisotopic (exact) mass is 510 g/mol. The summed E-state index contributed by atoms with van der Waals surface area (Å²) in [6.45, 7) is 10.0. The van der Waals surface area contributed by atoms with E-state index in [0.29, 0.717) is 18.0 Å². The van der Waals surface area contributed by atoms with Crippen molar-refractivity contribution in [1.29, 1.82) is 0 Å². The van der Waals surface area contributed by atoms with Gasteiger partial charge in [0, 0.05) is 24.7 Å².